The van der Waals surface area contributed by atoms with Crippen molar-refractivity contribution in [3.05, 3.63) is 59.9 Å². The molecule has 5 rings (SSSR count). The Morgan fingerprint density at radius 3 is 2.50 bits per heavy atom. The van der Waals surface area contributed by atoms with Gasteiger partial charge in [-0.3, -0.25) is 4.79 Å². The summed E-state index contributed by atoms with van der Waals surface area (Å²) in [6, 6.07) is 15.6. The minimum absolute atomic E-state index is 0.232. The number of nitrogens with zero attached hydrogens (tertiary/aromatic N) is 3. The summed E-state index contributed by atoms with van der Waals surface area (Å²) in [5.41, 5.74) is 2.71. The third kappa shape index (κ3) is 3.39. The number of likely N-dealkylation sites (tertiary alicyclic amines) is 2. The first-order valence-corrected chi connectivity index (χ1v) is 10.8. The molecule has 0 N–H and O–H groups in total. The van der Waals surface area contributed by atoms with Crippen molar-refractivity contribution in [2.75, 3.05) is 33.2 Å². The molecule has 1 amide bonds. The maximum atomic E-state index is 13.1. The van der Waals surface area contributed by atoms with E-state index in [0.29, 0.717) is 17.4 Å². The highest BCUT2D eigenvalue weighted by Gasteiger charge is 2.42. The maximum absolute atomic E-state index is 13.1. The van der Waals surface area contributed by atoms with Crippen molar-refractivity contribution in [2.45, 2.75) is 44.1 Å². The van der Waals surface area contributed by atoms with Gasteiger partial charge in [0.2, 0.25) is 0 Å². The highest BCUT2D eigenvalue weighted by Crippen LogP contribution is 2.45. The van der Waals surface area contributed by atoms with Crippen molar-refractivity contribution in [1.29, 1.82) is 0 Å². The van der Waals surface area contributed by atoms with Gasteiger partial charge in [0.15, 0.2) is 0 Å². The van der Waals surface area contributed by atoms with Crippen LogP contribution in [0.25, 0.3) is 0 Å². The van der Waals surface area contributed by atoms with Crippen molar-refractivity contribution in [3.8, 4) is 0 Å². The summed E-state index contributed by atoms with van der Waals surface area (Å²) >= 11 is 0. The molecule has 0 radical (unpaired) electrons. The second-order valence-corrected chi connectivity index (χ2v) is 9.33. The molecule has 3 fully saturated rings. The number of hydrogen-bond donors (Lipinski definition) is 0. The smallest absolute Gasteiger partial charge is 0.270 e. The molecule has 3 aliphatic rings. The number of aromatic nitrogens is 1. The van der Waals surface area contributed by atoms with E-state index in [4.69, 9.17) is 0 Å². The van der Waals surface area contributed by atoms with E-state index in [0.717, 1.165) is 44.7 Å². The molecule has 1 atom stereocenters. The Morgan fingerprint density at radius 1 is 1.04 bits per heavy atom. The number of benzene rings is 1. The van der Waals surface area contributed by atoms with Crippen LogP contribution in [-0.2, 0) is 0 Å². The first-order chi connectivity index (χ1) is 13.6. The van der Waals surface area contributed by atoms with E-state index in [9.17, 15) is 4.79 Å². The average molecular weight is 378 g/mol. The quantitative estimate of drug-likeness (QED) is 0.803. The molecule has 2 aliphatic heterocycles. The monoisotopic (exact) mass is 377 g/mol. The van der Waals surface area contributed by atoms with Gasteiger partial charge in [-0.15, -0.1) is 0 Å². The first-order valence-electron chi connectivity index (χ1n) is 10.8. The SMILES string of the molecule is CN1C[C@H](c2ccccc2)CC2(CCN(C(=O)c3cccn3C3CC3)CC2)C1. The van der Waals surface area contributed by atoms with Crippen LogP contribution in [0.3, 0.4) is 0 Å². The Bertz CT molecular complexity index is 831. The molecule has 3 heterocycles. The van der Waals surface area contributed by atoms with Gasteiger partial charge >= 0.3 is 0 Å². The van der Waals surface area contributed by atoms with Crippen LogP contribution in [0.1, 0.15) is 60.1 Å². The zero-order valence-corrected chi connectivity index (χ0v) is 16.9. The number of amides is 1. The van der Waals surface area contributed by atoms with Gasteiger partial charge in [-0.2, -0.15) is 0 Å². The number of likely N-dealkylation sites (N-methyl/N-ethyl adjacent to an activating group) is 1. The van der Waals surface area contributed by atoms with Gasteiger partial charge in [0.05, 0.1) is 0 Å². The number of rotatable bonds is 3. The lowest BCUT2D eigenvalue weighted by Gasteiger charge is -2.49. The molecule has 4 heteroatoms. The Hall–Kier alpha value is -2.07. The summed E-state index contributed by atoms with van der Waals surface area (Å²) in [6.07, 6.45) is 8.00. The highest BCUT2D eigenvalue weighted by molar-refractivity contribution is 5.93. The van der Waals surface area contributed by atoms with Crippen LogP contribution in [-0.4, -0.2) is 53.5 Å². The fourth-order valence-corrected chi connectivity index (χ4v) is 5.57. The zero-order chi connectivity index (χ0) is 19.1. The van der Waals surface area contributed by atoms with Crippen LogP contribution >= 0.6 is 0 Å². The van der Waals surface area contributed by atoms with Gasteiger partial charge < -0.3 is 14.4 Å². The summed E-state index contributed by atoms with van der Waals surface area (Å²) in [4.78, 5) is 17.7. The van der Waals surface area contributed by atoms with Gasteiger partial charge in [-0.25, -0.2) is 0 Å². The van der Waals surface area contributed by atoms with Crippen molar-refractivity contribution >= 4 is 5.91 Å². The Morgan fingerprint density at radius 2 is 1.79 bits per heavy atom. The molecule has 1 aromatic carbocycles. The van der Waals surface area contributed by atoms with E-state index in [1.807, 2.05) is 12.1 Å². The maximum Gasteiger partial charge on any atom is 0.270 e. The van der Waals surface area contributed by atoms with Gasteiger partial charge in [0, 0.05) is 38.4 Å². The van der Waals surface area contributed by atoms with Gasteiger partial charge in [-0.05, 0) is 68.2 Å². The first kappa shape index (κ1) is 18.0. The van der Waals surface area contributed by atoms with Crippen LogP contribution in [0.4, 0.5) is 0 Å². The van der Waals surface area contributed by atoms with Gasteiger partial charge in [-0.1, -0.05) is 30.3 Å². The minimum Gasteiger partial charge on any atom is -0.340 e. The Kier molecular flexibility index (Phi) is 4.54. The van der Waals surface area contributed by atoms with Crippen LogP contribution in [0.2, 0.25) is 0 Å². The molecule has 0 unspecified atom stereocenters. The van der Waals surface area contributed by atoms with Crippen molar-refractivity contribution in [2.24, 2.45) is 5.41 Å². The lowest BCUT2D eigenvalue weighted by molar-refractivity contribution is 0.0220. The lowest BCUT2D eigenvalue weighted by Crippen LogP contribution is -2.51. The van der Waals surface area contributed by atoms with Crippen LogP contribution in [0.5, 0.6) is 0 Å². The topological polar surface area (TPSA) is 28.5 Å². The zero-order valence-electron chi connectivity index (χ0n) is 16.9. The van der Waals surface area contributed by atoms with Crippen LogP contribution in [0.15, 0.2) is 48.7 Å². The molecule has 28 heavy (non-hydrogen) atoms. The summed E-state index contributed by atoms with van der Waals surface area (Å²) in [7, 11) is 2.26. The van der Waals surface area contributed by atoms with E-state index in [1.165, 1.54) is 24.8 Å². The third-order valence-electron chi connectivity index (χ3n) is 7.14. The number of carbonyl (C=O) groups excluding carboxylic acids is 1. The molecule has 1 spiro atoms. The third-order valence-corrected chi connectivity index (χ3v) is 7.14. The summed E-state index contributed by atoms with van der Waals surface area (Å²) < 4.78 is 2.20. The van der Waals surface area contributed by atoms with Crippen LogP contribution in [0, 0.1) is 5.41 Å². The van der Waals surface area contributed by atoms with Crippen molar-refractivity contribution in [3.63, 3.8) is 0 Å². The number of carbonyl (C=O) groups is 1. The van der Waals surface area contributed by atoms with Crippen molar-refractivity contribution < 1.29 is 4.79 Å². The fourth-order valence-electron chi connectivity index (χ4n) is 5.57. The van der Waals surface area contributed by atoms with E-state index < -0.39 is 0 Å². The fraction of sp³-hybridized carbons (Fsp3) is 0.542. The van der Waals surface area contributed by atoms with E-state index in [1.54, 1.807) is 0 Å². The molecular weight excluding hydrogens is 346 g/mol. The predicted molar refractivity (Wildman–Crippen MR) is 112 cm³/mol. The number of hydrogen-bond acceptors (Lipinski definition) is 2. The van der Waals surface area contributed by atoms with Crippen LogP contribution < -0.4 is 0 Å². The molecule has 1 aromatic heterocycles. The molecule has 1 aliphatic carbocycles. The largest absolute Gasteiger partial charge is 0.340 e. The minimum atomic E-state index is 0.232. The summed E-state index contributed by atoms with van der Waals surface area (Å²) in [5.74, 6) is 0.838. The second-order valence-electron chi connectivity index (χ2n) is 9.33. The van der Waals surface area contributed by atoms with E-state index in [2.05, 4.69) is 57.9 Å². The standard InChI is InChI=1S/C24H31N3O/c1-25-17-20(19-6-3-2-4-7-19)16-24(18-25)11-14-26(15-12-24)23(28)22-8-5-13-27(22)21-9-10-21/h2-8,13,20-21H,9-12,14-18H2,1H3/t20-/m1/s1. The molecule has 2 aromatic rings. The molecule has 2 saturated heterocycles. The second kappa shape index (κ2) is 7.07. The molecule has 4 nitrogen and oxygen atoms in total. The van der Waals surface area contributed by atoms with Gasteiger partial charge in [0.25, 0.3) is 5.91 Å². The van der Waals surface area contributed by atoms with Crippen molar-refractivity contribution in [1.82, 2.24) is 14.4 Å². The predicted octanol–water partition coefficient (Wildman–Crippen LogP) is 4.16. The lowest BCUT2D eigenvalue weighted by atomic mass is 9.68. The van der Waals surface area contributed by atoms with E-state index >= 15 is 0 Å². The Balaban J connectivity index is 1.28. The molecular formula is C24H31N3O. The summed E-state index contributed by atoms with van der Waals surface area (Å²) in [6.45, 7) is 4.09. The molecule has 1 saturated carbocycles. The normalized spacial score (nSPS) is 25.2. The summed E-state index contributed by atoms with van der Waals surface area (Å²) in [5, 5.41) is 0. The highest BCUT2D eigenvalue weighted by atomic mass is 16.2. The number of piperidine rings is 2. The Labute approximate surface area is 168 Å². The average Bonchev–Trinajstić information content (AvgIpc) is 3.44. The van der Waals surface area contributed by atoms with Gasteiger partial charge in [0.1, 0.15) is 5.69 Å². The molecule has 0 bridgehead atoms. The van der Waals surface area contributed by atoms with E-state index in [-0.39, 0.29) is 5.91 Å². The molecule has 148 valence electrons.